The molecule has 1 rings (SSSR count). The Bertz CT molecular complexity index is 218. The molecule has 0 N–H and O–H groups in total. The van der Waals surface area contributed by atoms with E-state index in [9.17, 15) is 9.59 Å². The van der Waals surface area contributed by atoms with Crippen LogP contribution in [0.15, 0.2) is 6.08 Å². The van der Waals surface area contributed by atoms with Gasteiger partial charge >= 0.3 is 0 Å². The lowest BCUT2D eigenvalue weighted by molar-refractivity contribution is -0.123. The maximum atomic E-state index is 11.2. The minimum Gasteiger partial charge on any atom is -0.293 e. The third-order valence-electron chi connectivity index (χ3n) is 2.42. The Kier molecular flexibility index (Phi) is 1.97. The number of hydrogen-bond acceptors (Lipinski definition) is 2. The lowest BCUT2D eigenvalue weighted by Crippen LogP contribution is -2.24. The Morgan fingerprint density at radius 3 is 2.45 bits per heavy atom. The topological polar surface area (TPSA) is 34.1 Å². The molecule has 0 heterocycles. The summed E-state index contributed by atoms with van der Waals surface area (Å²) >= 11 is 0. The first-order chi connectivity index (χ1) is 5.09. The zero-order valence-electron chi connectivity index (χ0n) is 6.89. The van der Waals surface area contributed by atoms with E-state index in [-0.39, 0.29) is 11.2 Å². The van der Waals surface area contributed by atoms with Gasteiger partial charge < -0.3 is 0 Å². The van der Waals surface area contributed by atoms with Crippen LogP contribution < -0.4 is 0 Å². The lowest BCUT2D eigenvalue weighted by atomic mass is 9.83. The molecule has 0 unspecified atom stereocenters. The van der Waals surface area contributed by atoms with Gasteiger partial charge in [0.15, 0.2) is 5.78 Å². The summed E-state index contributed by atoms with van der Waals surface area (Å²) < 4.78 is 0. The Labute approximate surface area is 66.3 Å². The van der Waals surface area contributed by atoms with Gasteiger partial charge in [0.1, 0.15) is 5.94 Å². The van der Waals surface area contributed by atoms with Crippen molar-refractivity contribution in [1.29, 1.82) is 0 Å². The average Bonchev–Trinajstić information content (AvgIpc) is 2.68. The van der Waals surface area contributed by atoms with E-state index in [4.69, 9.17) is 0 Å². The van der Waals surface area contributed by atoms with Crippen molar-refractivity contribution in [1.82, 2.24) is 0 Å². The van der Waals surface area contributed by atoms with Gasteiger partial charge in [-0.25, -0.2) is 4.79 Å². The molecule has 1 aliphatic carbocycles. The van der Waals surface area contributed by atoms with Crippen LogP contribution in [0, 0.1) is 11.3 Å². The van der Waals surface area contributed by atoms with Crippen molar-refractivity contribution in [2.45, 2.75) is 26.7 Å². The van der Waals surface area contributed by atoms with Crippen LogP contribution in [0.5, 0.6) is 0 Å². The molecule has 2 nitrogen and oxygen atoms in total. The molecular weight excluding hydrogens is 140 g/mol. The second kappa shape index (κ2) is 2.63. The number of carbonyl (C=O) groups is 1. The fraction of sp³-hybridized carbons (Fsp3) is 0.667. The summed E-state index contributed by atoms with van der Waals surface area (Å²) in [6.07, 6.45) is 3.25. The molecule has 1 fully saturated rings. The summed E-state index contributed by atoms with van der Waals surface area (Å²) in [5.41, 5.74) is -0.336. The smallest absolute Gasteiger partial charge is 0.172 e. The highest BCUT2D eigenvalue weighted by Crippen LogP contribution is 2.45. The maximum Gasteiger partial charge on any atom is 0.172 e. The van der Waals surface area contributed by atoms with Crippen molar-refractivity contribution >= 4 is 11.7 Å². The molecule has 0 saturated heterocycles. The van der Waals surface area contributed by atoms with Gasteiger partial charge in [-0.1, -0.05) is 13.8 Å². The number of allylic oxidation sites excluding steroid dienone is 1. The van der Waals surface area contributed by atoms with Crippen LogP contribution in [-0.2, 0) is 9.59 Å². The zero-order chi connectivity index (χ0) is 8.48. The first-order valence-electron chi connectivity index (χ1n) is 3.84. The van der Waals surface area contributed by atoms with Gasteiger partial charge in [0.05, 0.1) is 6.08 Å². The molecular formula is C9H12O2. The second-order valence-corrected chi connectivity index (χ2v) is 3.62. The summed E-state index contributed by atoms with van der Waals surface area (Å²) in [7, 11) is 0. The van der Waals surface area contributed by atoms with Crippen LogP contribution in [-0.4, -0.2) is 11.7 Å². The number of rotatable bonds is 3. The Morgan fingerprint density at radius 1 is 1.55 bits per heavy atom. The fourth-order valence-corrected chi connectivity index (χ4v) is 1.25. The van der Waals surface area contributed by atoms with Crippen LogP contribution in [0.4, 0.5) is 0 Å². The Morgan fingerprint density at radius 2 is 2.09 bits per heavy atom. The molecule has 1 aliphatic rings. The van der Waals surface area contributed by atoms with E-state index in [0.717, 1.165) is 18.9 Å². The predicted molar refractivity (Wildman–Crippen MR) is 41.8 cm³/mol. The van der Waals surface area contributed by atoms with Gasteiger partial charge in [0.2, 0.25) is 0 Å². The molecule has 1 saturated carbocycles. The van der Waals surface area contributed by atoms with Crippen LogP contribution >= 0.6 is 0 Å². The summed E-state index contributed by atoms with van der Waals surface area (Å²) in [6, 6.07) is 0. The first-order valence-corrected chi connectivity index (χ1v) is 3.84. The summed E-state index contributed by atoms with van der Waals surface area (Å²) in [5, 5.41) is 0. The standard InChI is InChI=1S/C9H12O2/c1-9(2,7-3-4-7)8(11)5-6-10/h5,7H,3-4H2,1-2H3. The molecule has 2 heteroatoms. The van der Waals surface area contributed by atoms with Crippen LogP contribution in [0.25, 0.3) is 0 Å². The van der Waals surface area contributed by atoms with Crippen LogP contribution in [0.3, 0.4) is 0 Å². The highest BCUT2D eigenvalue weighted by molar-refractivity contribution is 6.00. The summed E-state index contributed by atoms with van der Waals surface area (Å²) in [6.45, 7) is 3.78. The van der Waals surface area contributed by atoms with E-state index in [1.807, 2.05) is 13.8 Å². The van der Waals surface area contributed by atoms with E-state index in [2.05, 4.69) is 0 Å². The molecule has 0 atom stereocenters. The van der Waals surface area contributed by atoms with Gasteiger partial charge in [0.25, 0.3) is 0 Å². The van der Waals surface area contributed by atoms with Gasteiger partial charge in [-0.2, -0.15) is 0 Å². The normalized spacial score (nSPS) is 17.3. The number of carbonyl (C=O) groups excluding carboxylic acids is 2. The highest BCUT2D eigenvalue weighted by Gasteiger charge is 2.42. The molecule has 0 aromatic carbocycles. The first kappa shape index (κ1) is 8.22. The molecule has 0 aromatic rings. The molecule has 0 bridgehead atoms. The molecule has 60 valence electrons. The van der Waals surface area contributed by atoms with E-state index >= 15 is 0 Å². The van der Waals surface area contributed by atoms with Crippen molar-refractivity contribution in [3.63, 3.8) is 0 Å². The molecule has 0 aliphatic heterocycles. The minimum atomic E-state index is -0.336. The largest absolute Gasteiger partial charge is 0.293 e. The monoisotopic (exact) mass is 152 g/mol. The Balaban J connectivity index is 2.69. The molecule has 11 heavy (non-hydrogen) atoms. The van der Waals surface area contributed by atoms with E-state index in [1.165, 1.54) is 5.94 Å². The summed E-state index contributed by atoms with van der Waals surface area (Å²) in [4.78, 5) is 21.1. The lowest BCUT2D eigenvalue weighted by Gasteiger charge is -2.19. The quantitative estimate of drug-likeness (QED) is 0.452. The second-order valence-electron chi connectivity index (χ2n) is 3.62. The van der Waals surface area contributed by atoms with Gasteiger partial charge in [-0.05, 0) is 18.8 Å². The highest BCUT2D eigenvalue weighted by atomic mass is 16.1. The SMILES string of the molecule is CC(C)(C(=O)C=C=O)C1CC1. The van der Waals surface area contributed by atoms with Crippen molar-refractivity contribution in [2.24, 2.45) is 11.3 Å². The van der Waals surface area contributed by atoms with Crippen LogP contribution in [0.2, 0.25) is 0 Å². The third kappa shape index (κ3) is 1.58. The van der Waals surface area contributed by atoms with Crippen molar-refractivity contribution in [3.8, 4) is 0 Å². The molecule has 0 spiro atoms. The van der Waals surface area contributed by atoms with Crippen molar-refractivity contribution in [3.05, 3.63) is 6.08 Å². The molecule has 0 radical (unpaired) electrons. The van der Waals surface area contributed by atoms with Crippen LogP contribution in [0.1, 0.15) is 26.7 Å². The Hall–Kier alpha value is -0.880. The van der Waals surface area contributed by atoms with Gasteiger partial charge in [-0.15, -0.1) is 0 Å². The molecule has 0 aromatic heterocycles. The van der Waals surface area contributed by atoms with Crippen molar-refractivity contribution in [2.75, 3.05) is 0 Å². The number of hydrogen-bond donors (Lipinski definition) is 0. The summed E-state index contributed by atoms with van der Waals surface area (Å²) in [5.74, 6) is 1.93. The number of ketones is 1. The predicted octanol–water partition coefficient (Wildman–Crippen LogP) is 1.38. The molecule has 0 amide bonds. The average molecular weight is 152 g/mol. The maximum absolute atomic E-state index is 11.2. The van der Waals surface area contributed by atoms with E-state index in [1.54, 1.807) is 0 Å². The van der Waals surface area contributed by atoms with Crippen molar-refractivity contribution < 1.29 is 9.59 Å². The third-order valence-corrected chi connectivity index (χ3v) is 2.42. The van der Waals surface area contributed by atoms with Gasteiger partial charge in [0, 0.05) is 5.41 Å². The zero-order valence-corrected chi connectivity index (χ0v) is 6.89. The fourth-order valence-electron chi connectivity index (χ4n) is 1.25. The van der Waals surface area contributed by atoms with E-state index in [0.29, 0.717) is 5.92 Å². The van der Waals surface area contributed by atoms with Gasteiger partial charge in [-0.3, -0.25) is 4.79 Å². The minimum absolute atomic E-state index is 0.0880. The van der Waals surface area contributed by atoms with E-state index < -0.39 is 0 Å².